The van der Waals surface area contributed by atoms with Gasteiger partial charge in [-0.2, -0.15) is 0 Å². The standard InChI is InChI=1S/C20H29NO5/c1-14(22)20(17(23)25-13-15-8-6-5-7-9-15)11-10-16(12-20)21-18(24)26-19(2,3)4/h5-9,14,16,22H,10-13H2,1-4H3,(H,21,24). The molecular weight excluding hydrogens is 334 g/mol. The summed E-state index contributed by atoms with van der Waals surface area (Å²) in [5.74, 6) is -0.426. The summed E-state index contributed by atoms with van der Waals surface area (Å²) in [5.41, 5.74) is -0.698. The largest absolute Gasteiger partial charge is 0.460 e. The highest BCUT2D eigenvalue weighted by Crippen LogP contribution is 2.42. The molecule has 0 aliphatic heterocycles. The maximum absolute atomic E-state index is 12.7. The Morgan fingerprint density at radius 1 is 1.31 bits per heavy atom. The molecule has 3 atom stereocenters. The summed E-state index contributed by atoms with van der Waals surface area (Å²) >= 11 is 0. The molecule has 2 rings (SSSR count). The third-order valence-electron chi connectivity index (χ3n) is 4.69. The molecule has 0 radical (unpaired) electrons. The number of aliphatic hydroxyl groups is 1. The number of nitrogens with one attached hydrogen (secondary N) is 1. The van der Waals surface area contributed by atoms with Crippen molar-refractivity contribution in [2.45, 2.75) is 71.3 Å². The quantitative estimate of drug-likeness (QED) is 0.785. The van der Waals surface area contributed by atoms with E-state index >= 15 is 0 Å². The Hall–Kier alpha value is -2.08. The Kier molecular flexibility index (Phi) is 6.29. The lowest BCUT2D eigenvalue weighted by Crippen LogP contribution is -2.43. The van der Waals surface area contributed by atoms with E-state index in [1.807, 2.05) is 30.3 Å². The number of hydrogen-bond acceptors (Lipinski definition) is 5. The van der Waals surface area contributed by atoms with E-state index in [9.17, 15) is 14.7 Å². The molecule has 0 spiro atoms. The van der Waals surface area contributed by atoms with Gasteiger partial charge in [0.2, 0.25) is 0 Å². The smallest absolute Gasteiger partial charge is 0.407 e. The topological polar surface area (TPSA) is 84.9 Å². The predicted octanol–water partition coefficient (Wildman–Crippen LogP) is 3.17. The summed E-state index contributed by atoms with van der Waals surface area (Å²) in [6.07, 6.45) is -0.00122. The molecule has 3 unspecified atom stereocenters. The van der Waals surface area contributed by atoms with E-state index in [-0.39, 0.29) is 12.6 Å². The zero-order valence-electron chi connectivity index (χ0n) is 16.0. The average Bonchev–Trinajstić information content (AvgIpc) is 2.97. The van der Waals surface area contributed by atoms with Gasteiger partial charge in [0, 0.05) is 6.04 Å². The molecule has 26 heavy (non-hydrogen) atoms. The van der Waals surface area contributed by atoms with Crippen molar-refractivity contribution in [2.24, 2.45) is 5.41 Å². The van der Waals surface area contributed by atoms with Crippen LogP contribution in [0.5, 0.6) is 0 Å². The Labute approximate surface area is 154 Å². The van der Waals surface area contributed by atoms with Crippen LogP contribution in [0.4, 0.5) is 4.79 Å². The number of esters is 1. The summed E-state index contributed by atoms with van der Waals surface area (Å²) in [7, 11) is 0. The minimum atomic E-state index is -1.01. The van der Waals surface area contributed by atoms with E-state index in [4.69, 9.17) is 9.47 Å². The van der Waals surface area contributed by atoms with Crippen molar-refractivity contribution in [3.05, 3.63) is 35.9 Å². The van der Waals surface area contributed by atoms with Gasteiger partial charge in [0.15, 0.2) is 0 Å². The summed E-state index contributed by atoms with van der Waals surface area (Å²) < 4.78 is 10.7. The molecule has 1 aliphatic rings. The van der Waals surface area contributed by atoms with Crippen LogP contribution in [0.2, 0.25) is 0 Å². The molecule has 1 amide bonds. The Bertz CT molecular complexity index is 623. The van der Waals surface area contributed by atoms with Gasteiger partial charge in [-0.25, -0.2) is 4.79 Å². The van der Waals surface area contributed by atoms with Gasteiger partial charge in [0.25, 0.3) is 0 Å². The van der Waals surface area contributed by atoms with E-state index < -0.39 is 29.2 Å². The molecule has 0 heterocycles. The van der Waals surface area contributed by atoms with Gasteiger partial charge in [-0.05, 0) is 52.5 Å². The number of alkyl carbamates (subject to hydrolysis) is 1. The molecular formula is C20H29NO5. The summed E-state index contributed by atoms with van der Waals surface area (Å²) in [4.78, 5) is 24.7. The predicted molar refractivity (Wildman–Crippen MR) is 97.4 cm³/mol. The molecule has 1 saturated carbocycles. The number of benzene rings is 1. The number of carbonyl (C=O) groups excluding carboxylic acids is 2. The minimum Gasteiger partial charge on any atom is -0.460 e. The second-order valence-corrected chi connectivity index (χ2v) is 7.98. The van der Waals surface area contributed by atoms with Crippen molar-refractivity contribution < 1.29 is 24.2 Å². The number of carbonyl (C=O) groups is 2. The first-order valence-electron chi connectivity index (χ1n) is 9.01. The molecule has 2 N–H and O–H groups in total. The van der Waals surface area contributed by atoms with Crippen molar-refractivity contribution in [3.8, 4) is 0 Å². The van der Waals surface area contributed by atoms with Gasteiger partial charge in [0.05, 0.1) is 11.5 Å². The van der Waals surface area contributed by atoms with Crippen molar-refractivity contribution >= 4 is 12.1 Å². The molecule has 1 aliphatic carbocycles. The molecule has 0 saturated heterocycles. The summed E-state index contributed by atoms with van der Waals surface area (Å²) in [6, 6.07) is 9.18. The van der Waals surface area contributed by atoms with Gasteiger partial charge in [-0.1, -0.05) is 30.3 Å². The lowest BCUT2D eigenvalue weighted by Gasteiger charge is -2.30. The van der Waals surface area contributed by atoms with Crippen molar-refractivity contribution in [1.82, 2.24) is 5.32 Å². The van der Waals surface area contributed by atoms with Crippen LogP contribution in [0.15, 0.2) is 30.3 Å². The van der Waals surface area contributed by atoms with Crippen LogP contribution in [0.25, 0.3) is 0 Å². The van der Waals surface area contributed by atoms with E-state index in [1.165, 1.54) is 0 Å². The van der Waals surface area contributed by atoms with Crippen LogP contribution in [0.3, 0.4) is 0 Å². The number of ether oxygens (including phenoxy) is 2. The first-order valence-corrected chi connectivity index (χ1v) is 9.01. The van der Waals surface area contributed by atoms with Crippen LogP contribution in [0, 0.1) is 5.41 Å². The monoisotopic (exact) mass is 363 g/mol. The van der Waals surface area contributed by atoms with Crippen molar-refractivity contribution in [2.75, 3.05) is 0 Å². The highest BCUT2D eigenvalue weighted by atomic mass is 16.6. The fourth-order valence-corrected chi connectivity index (χ4v) is 3.28. The maximum atomic E-state index is 12.7. The van der Waals surface area contributed by atoms with Gasteiger partial charge >= 0.3 is 12.1 Å². The molecule has 0 aromatic heterocycles. The molecule has 6 heteroatoms. The summed E-state index contributed by atoms with van der Waals surface area (Å²) in [5, 5.41) is 13.1. The number of amides is 1. The summed E-state index contributed by atoms with van der Waals surface area (Å²) in [6.45, 7) is 7.14. The molecule has 1 aromatic rings. The fourth-order valence-electron chi connectivity index (χ4n) is 3.28. The second-order valence-electron chi connectivity index (χ2n) is 7.98. The number of hydrogen-bond donors (Lipinski definition) is 2. The normalized spacial score (nSPS) is 24.0. The maximum Gasteiger partial charge on any atom is 0.407 e. The highest BCUT2D eigenvalue weighted by Gasteiger charge is 2.50. The van der Waals surface area contributed by atoms with E-state index in [2.05, 4.69) is 5.32 Å². The fraction of sp³-hybridized carbons (Fsp3) is 0.600. The van der Waals surface area contributed by atoms with Crippen LogP contribution in [-0.2, 0) is 20.9 Å². The molecule has 6 nitrogen and oxygen atoms in total. The third kappa shape index (κ3) is 5.21. The second kappa shape index (κ2) is 8.08. The first kappa shape index (κ1) is 20.2. The van der Waals surface area contributed by atoms with Crippen LogP contribution in [-0.4, -0.2) is 34.9 Å². The van der Waals surface area contributed by atoms with E-state index in [0.29, 0.717) is 19.3 Å². The molecule has 1 fully saturated rings. The van der Waals surface area contributed by atoms with Crippen molar-refractivity contribution in [1.29, 1.82) is 0 Å². The molecule has 144 valence electrons. The lowest BCUT2D eigenvalue weighted by atomic mass is 9.81. The Morgan fingerprint density at radius 2 is 1.96 bits per heavy atom. The van der Waals surface area contributed by atoms with Crippen LogP contribution in [0.1, 0.15) is 52.5 Å². The first-order chi connectivity index (χ1) is 12.1. The van der Waals surface area contributed by atoms with Gasteiger partial charge in [-0.3, -0.25) is 4.79 Å². The highest BCUT2D eigenvalue weighted by molar-refractivity contribution is 5.78. The van der Waals surface area contributed by atoms with Crippen LogP contribution >= 0.6 is 0 Å². The van der Waals surface area contributed by atoms with Gasteiger partial charge in [0.1, 0.15) is 12.2 Å². The lowest BCUT2D eigenvalue weighted by molar-refractivity contribution is -0.164. The van der Waals surface area contributed by atoms with Gasteiger partial charge in [-0.15, -0.1) is 0 Å². The molecule has 1 aromatic carbocycles. The van der Waals surface area contributed by atoms with Crippen LogP contribution < -0.4 is 5.32 Å². The third-order valence-corrected chi connectivity index (χ3v) is 4.69. The van der Waals surface area contributed by atoms with E-state index in [1.54, 1.807) is 27.7 Å². The Morgan fingerprint density at radius 3 is 2.54 bits per heavy atom. The SMILES string of the molecule is CC(O)C1(C(=O)OCc2ccccc2)CCC(NC(=O)OC(C)(C)C)C1. The average molecular weight is 363 g/mol. The number of aliphatic hydroxyl groups excluding tert-OH is 1. The minimum absolute atomic E-state index is 0.165. The number of rotatable bonds is 5. The zero-order valence-corrected chi connectivity index (χ0v) is 16.0. The van der Waals surface area contributed by atoms with E-state index in [0.717, 1.165) is 5.56 Å². The molecule has 0 bridgehead atoms. The van der Waals surface area contributed by atoms with Crippen molar-refractivity contribution in [3.63, 3.8) is 0 Å². The zero-order chi connectivity index (χ0) is 19.4. The Balaban J connectivity index is 1.97. The van der Waals surface area contributed by atoms with Gasteiger partial charge < -0.3 is 19.9 Å².